The molecular formula is C38H38ClN6O9S2+. The Morgan fingerprint density at radius 2 is 1.89 bits per heavy atom. The number of pyridine rings is 1. The molecule has 0 spiro atoms. The summed E-state index contributed by atoms with van der Waals surface area (Å²) >= 11 is 8.66. The van der Waals surface area contributed by atoms with Gasteiger partial charge in [-0.3, -0.25) is 19.3 Å². The zero-order chi connectivity index (χ0) is 40.3. The molecule has 1 fully saturated rings. The number of ketones is 1. The first-order valence-electron chi connectivity index (χ1n) is 17.4. The second-order valence-electron chi connectivity index (χ2n) is 13.2. The van der Waals surface area contributed by atoms with Gasteiger partial charge >= 0.3 is 5.97 Å². The smallest absolute Gasteiger partial charge is 0.352 e. The largest absolute Gasteiger partial charge is 0.508 e. The molecule has 0 bridgehead atoms. The third-order valence-electron chi connectivity index (χ3n) is 9.29. The highest BCUT2D eigenvalue weighted by Crippen LogP contribution is 2.46. The normalized spacial score (nSPS) is 17.2. The van der Waals surface area contributed by atoms with Gasteiger partial charge < -0.3 is 36.3 Å². The van der Waals surface area contributed by atoms with Gasteiger partial charge in [0, 0.05) is 60.0 Å². The summed E-state index contributed by atoms with van der Waals surface area (Å²) in [7, 11) is 0. The predicted octanol–water partition coefficient (Wildman–Crippen LogP) is 4.32. The monoisotopic (exact) mass is 821 g/mol. The Bertz CT molecular complexity index is 2260. The molecule has 292 valence electrons. The number of rotatable bonds is 15. The lowest BCUT2D eigenvalue weighted by molar-refractivity contribution is -0.689. The predicted molar refractivity (Wildman–Crippen MR) is 209 cm³/mol. The zero-order valence-corrected chi connectivity index (χ0v) is 32.5. The van der Waals surface area contributed by atoms with Crippen molar-refractivity contribution in [3.05, 3.63) is 93.4 Å². The number of oxime groups is 1. The van der Waals surface area contributed by atoms with Crippen LogP contribution >= 0.6 is 34.7 Å². The summed E-state index contributed by atoms with van der Waals surface area (Å²) in [6.45, 7) is 3.78. The fraction of sp³-hybridized carbons (Fsp3) is 0.289. The molecule has 2 aliphatic rings. The van der Waals surface area contributed by atoms with E-state index in [1.807, 2.05) is 29.7 Å². The van der Waals surface area contributed by atoms with Gasteiger partial charge in [-0.25, -0.2) is 14.3 Å². The number of thiazole rings is 1. The zero-order valence-electron chi connectivity index (χ0n) is 30.1. The third-order valence-corrected chi connectivity index (χ3v) is 11.8. The van der Waals surface area contributed by atoms with E-state index in [2.05, 4.69) is 15.5 Å². The number of carbonyl (C=O) groups excluding carboxylic acids is 3. The second kappa shape index (κ2) is 17.0. The summed E-state index contributed by atoms with van der Waals surface area (Å²) in [5.41, 5.74) is 7.70. The number of hydrogen-bond acceptors (Lipinski definition) is 13. The number of phenols is 3. The number of anilines is 1. The number of amides is 2. The number of benzene rings is 2. The van der Waals surface area contributed by atoms with E-state index in [1.165, 1.54) is 28.8 Å². The van der Waals surface area contributed by atoms with Crippen molar-refractivity contribution >= 4 is 69.1 Å². The van der Waals surface area contributed by atoms with Crippen molar-refractivity contribution in [2.75, 3.05) is 24.6 Å². The number of aryl methyl sites for hydroxylation is 1. The van der Waals surface area contributed by atoms with Gasteiger partial charge in [-0.15, -0.1) is 11.8 Å². The number of carbonyl (C=O) groups is 4. The van der Waals surface area contributed by atoms with E-state index in [4.69, 9.17) is 22.2 Å². The van der Waals surface area contributed by atoms with Crippen molar-refractivity contribution in [2.24, 2.45) is 11.1 Å². The van der Waals surface area contributed by atoms with Crippen LogP contribution in [-0.4, -0.2) is 83.9 Å². The highest BCUT2D eigenvalue weighted by atomic mass is 35.5. The summed E-state index contributed by atoms with van der Waals surface area (Å²) < 4.78 is 1.91. The minimum Gasteiger partial charge on any atom is -0.508 e. The van der Waals surface area contributed by atoms with E-state index >= 15 is 0 Å². The molecule has 18 heteroatoms. The summed E-state index contributed by atoms with van der Waals surface area (Å²) in [6.07, 6.45) is 3.55. The molecule has 4 aromatic rings. The number of fused-ring (bicyclic) bond motifs is 1. The van der Waals surface area contributed by atoms with Crippen LogP contribution in [0.15, 0.2) is 77.4 Å². The molecule has 2 aromatic carbocycles. The van der Waals surface area contributed by atoms with Gasteiger partial charge in [0.25, 0.3) is 0 Å². The van der Waals surface area contributed by atoms with Crippen LogP contribution in [-0.2, 0) is 30.6 Å². The molecule has 56 heavy (non-hydrogen) atoms. The number of β-lactam (4-membered cyclic amide) rings is 1. The SMILES string of the molecule is Cc1ccc(O)c(-c2c(O)cc(O)cc2C(C)C(=O)NCCCO/N=C(\C(=O)CC2C(=O)N3C(C(=O)O)=C(C[n+]4ccccc4)CSC23)c2nc(N)sc2Cl)c1. The number of Topliss-reactive ketones (excluding diaryl/α,β-unsaturated/α-hetero) is 1. The van der Waals surface area contributed by atoms with Crippen LogP contribution in [0.5, 0.6) is 17.2 Å². The molecule has 3 unspecified atom stereocenters. The van der Waals surface area contributed by atoms with Gasteiger partial charge in [0.05, 0.1) is 17.2 Å². The van der Waals surface area contributed by atoms with Gasteiger partial charge in [-0.1, -0.05) is 45.8 Å². The molecule has 2 aromatic heterocycles. The van der Waals surface area contributed by atoms with Crippen LogP contribution < -0.4 is 15.6 Å². The number of halogens is 1. The van der Waals surface area contributed by atoms with E-state index in [0.717, 1.165) is 23.0 Å². The van der Waals surface area contributed by atoms with Crippen molar-refractivity contribution in [3.8, 4) is 28.4 Å². The number of hydrogen-bond donors (Lipinski definition) is 6. The van der Waals surface area contributed by atoms with Gasteiger partial charge in [-0.05, 0) is 37.6 Å². The Morgan fingerprint density at radius 3 is 2.59 bits per heavy atom. The Hall–Kier alpha value is -5.65. The number of nitrogen functional groups attached to an aromatic ring is 1. The fourth-order valence-corrected chi connectivity index (χ4v) is 8.89. The summed E-state index contributed by atoms with van der Waals surface area (Å²) in [5.74, 6) is -4.74. The first kappa shape index (κ1) is 40.0. The Morgan fingerprint density at radius 1 is 1.14 bits per heavy atom. The molecule has 1 saturated heterocycles. The molecular weight excluding hydrogens is 784 g/mol. The average molecular weight is 822 g/mol. The van der Waals surface area contributed by atoms with Gasteiger partial charge in [0.1, 0.15) is 39.6 Å². The minimum atomic E-state index is -1.23. The number of aliphatic carboxylic acids is 1. The molecule has 7 N–H and O–H groups in total. The maximum absolute atomic E-state index is 13.7. The number of nitrogens with two attached hydrogens (primary N) is 1. The second-order valence-corrected chi connectivity index (χ2v) is 15.9. The number of aromatic nitrogens is 2. The van der Waals surface area contributed by atoms with Crippen LogP contribution in [0.25, 0.3) is 11.1 Å². The molecule has 4 heterocycles. The lowest BCUT2D eigenvalue weighted by atomic mass is 9.89. The van der Waals surface area contributed by atoms with E-state index in [1.54, 1.807) is 31.5 Å². The van der Waals surface area contributed by atoms with Gasteiger partial charge in [0.2, 0.25) is 11.8 Å². The number of carboxylic acid groups (broad SMARTS) is 1. The third kappa shape index (κ3) is 8.44. The summed E-state index contributed by atoms with van der Waals surface area (Å²) in [6, 6.07) is 12.8. The van der Waals surface area contributed by atoms with E-state index in [0.29, 0.717) is 29.0 Å². The quantitative estimate of drug-likeness (QED) is 0.0324. The number of carboxylic acids is 1. The van der Waals surface area contributed by atoms with E-state index in [9.17, 15) is 39.6 Å². The topological polar surface area (TPSA) is 229 Å². The first-order chi connectivity index (χ1) is 26.7. The number of nitrogens with one attached hydrogen (secondary N) is 1. The van der Waals surface area contributed by atoms with Crippen molar-refractivity contribution in [1.29, 1.82) is 0 Å². The van der Waals surface area contributed by atoms with Crippen molar-refractivity contribution in [1.82, 2.24) is 15.2 Å². The molecule has 15 nitrogen and oxygen atoms in total. The molecule has 0 radical (unpaired) electrons. The van der Waals surface area contributed by atoms with E-state index in [-0.39, 0.29) is 75.4 Å². The fourth-order valence-electron chi connectivity index (χ4n) is 6.56. The molecule has 6 rings (SSSR count). The van der Waals surface area contributed by atoms with Crippen LogP contribution in [0.2, 0.25) is 4.34 Å². The van der Waals surface area contributed by atoms with Crippen molar-refractivity contribution < 1.29 is 49.0 Å². The van der Waals surface area contributed by atoms with Crippen molar-refractivity contribution in [3.63, 3.8) is 0 Å². The van der Waals surface area contributed by atoms with Gasteiger partial charge in [-0.2, -0.15) is 0 Å². The standard InChI is InChI=1S/C38H37ClN6O9S2/c1-19-7-8-26(47)24(13-19)29-23(14-22(46)15-27(29)48)20(2)34(50)41-9-6-12-54-43-30(31-33(39)56-38(40)42-31)28(49)16-25-35(51)45-32(37(52)53)21(18-55-36(25)45)17-44-10-4-3-5-11-44/h3-5,7-8,10-11,13-15,20,25,36H,6,9,12,16-18H2,1-2H3,(H6-,40,41,42,43,46,47,48,49,50,52,53)/p+1. The average Bonchev–Trinajstić information content (AvgIpc) is 3.50. The van der Waals surface area contributed by atoms with Crippen LogP contribution in [0.1, 0.15) is 42.5 Å². The summed E-state index contributed by atoms with van der Waals surface area (Å²) in [5, 5.41) is 47.9. The maximum atomic E-state index is 13.7. The molecule has 2 amide bonds. The highest BCUT2D eigenvalue weighted by molar-refractivity contribution is 8.00. The Labute approximate surface area is 334 Å². The molecule has 2 aliphatic heterocycles. The first-order valence-corrected chi connectivity index (χ1v) is 19.6. The number of phenolic OH excluding ortho intramolecular Hbond substituents is 3. The molecule has 3 atom stereocenters. The van der Waals surface area contributed by atoms with Crippen LogP contribution in [0.4, 0.5) is 5.13 Å². The Kier molecular flexibility index (Phi) is 12.2. The molecule has 0 aliphatic carbocycles. The minimum absolute atomic E-state index is 0.0145. The lowest BCUT2D eigenvalue weighted by Crippen LogP contribution is -2.62. The van der Waals surface area contributed by atoms with Crippen LogP contribution in [0, 0.1) is 12.8 Å². The number of nitrogens with zero attached hydrogens (tertiary/aromatic N) is 4. The Balaban J connectivity index is 1.09. The van der Waals surface area contributed by atoms with Crippen molar-refractivity contribution in [2.45, 2.75) is 44.5 Å². The van der Waals surface area contributed by atoms with E-state index < -0.39 is 40.8 Å². The van der Waals surface area contributed by atoms with Gasteiger partial charge in [0.15, 0.2) is 35.6 Å². The van der Waals surface area contributed by atoms with Crippen LogP contribution in [0.3, 0.4) is 0 Å². The maximum Gasteiger partial charge on any atom is 0.352 e. The molecule has 0 saturated carbocycles. The number of thioether (sulfide) groups is 1. The number of aromatic hydroxyl groups is 3. The summed E-state index contributed by atoms with van der Waals surface area (Å²) in [4.78, 5) is 63.5. The lowest BCUT2D eigenvalue weighted by Gasteiger charge is -2.49. The highest BCUT2D eigenvalue weighted by Gasteiger charge is 2.54.